The number of rotatable bonds is 4. The van der Waals surface area contributed by atoms with Crippen molar-refractivity contribution < 1.29 is 0 Å². The maximum atomic E-state index is 12.9. The molecule has 1 atom stereocenters. The van der Waals surface area contributed by atoms with Crippen molar-refractivity contribution in [3.8, 4) is 6.07 Å². The SMILES string of the molecule is CC(Nc1ncnc(N)c1C#N)c1nc2cccn2c(=O)n1C1=CC=C1. The average Bonchev–Trinajstić information content (AvgIpc) is 3.04. The van der Waals surface area contributed by atoms with Crippen LogP contribution in [0.2, 0.25) is 0 Å². The van der Waals surface area contributed by atoms with Gasteiger partial charge in [0.05, 0.1) is 11.7 Å². The van der Waals surface area contributed by atoms with E-state index in [1.54, 1.807) is 18.3 Å². The van der Waals surface area contributed by atoms with Crippen LogP contribution in [0.25, 0.3) is 11.3 Å². The second kappa shape index (κ2) is 5.86. The van der Waals surface area contributed by atoms with Crippen LogP contribution in [0, 0.1) is 11.3 Å². The summed E-state index contributed by atoms with van der Waals surface area (Å²) >= 11 is 0. The lowest BCUT2D eigenvalue weighted by atomic mass is 10.2. The number of nitrogens with one attached hydrogen (secondary N) is 1. The summed E-state index contributed by atoms with van der Waals surface area (Å²) in [6.07, 6.45) is 8.46. The van der Waals surface area contributed by atoms with Gasteiger partial charge in [-0.25, -0.2) is 24.3 Å². The average molecular weight is 346 g/mol. The van der Waals surface area contributed by atoms with E-state index >= 15 is 0 Å². The molecule has 9 heteroatoms. The lowest BCUT2D eigenvalue weighted by Gasteiger charge is -2.21. The Balaban J connectivity index is 1.83. The zero-order valence-corrected chi connectivity index (χ0v) is 13.8. The number of anilines is 2. The molecule has 0 radical (unpaired) electrons. The van der Waals surface area contributed by atoms with Crippen LogP contribution in [0.15, 0.2) is 47.7 Å². The predicted octanol–water partition coefficient (Wildman–Crippen LogP) is 1.32. The van der Waals surface area contributed by atoms with Gasteiger partial charge >= 0.3 is 5.69 Å². The molecule has 3 N–H and O–H groups in total. The fourth-order valence-corrected chi connectivity index (χ4v) is 2.75. The summed E-state index contributed by atoms with van der Waals surface area (Å²) in [6.45, 7) is 1.83. The van der Waals surface area contributed by atoms with Gasteiger partial charge in [0.25, 0.3) is 0 Å². The molecule has 1 aliphatic rings. The normalized spacial score (nSPS) is 13.8. The Morgan fingerprint density at radius 1 is 1.38 bits per heavy atom. The summed E-state index contributed by atoms with van der Waals surface area (Å²) in [7, 11) is 0. The number of nitrogens with two attached hydrogens (primary N) is 1. The number of aromatic nitrogens is 5. The first-order valence-electron chi connectivity index (χ1n) is 7.86. The second-order valence-corrected chi connectivity index (χ2v) is 5.74. The number of nitrogens with zero attached hydrogens (tertiary/aromatic N) is 6. The van der Waals surface area contributed by atoms with E-state index in [1.165, 1.54) is 15.3 Å². The van der Waals surface area contributed by atoms with E-state index in [0.717, 1.165) is 5.70 Å². The van der Waals surface area contributed by atoms with Gasteiger partial charge in [-0.2, -0.15) is 5.26 Å². The predicted molar refractivity (Wildman–Crippen MR) is 96.1 cm³/mol. The van der Waals surface area contributed by atoms with Crippen molar-refractivity contribution in [2.75, 3.05) is 11.1 Å². The van der Waals surface area contributed by atoms with Gasteiger partial charge in [-0.3, -0.25) is 4.40 Å². The molecule has 0 spiro atoms. The molecule has 0 saturated carbocycles. The molecule has 9 nitrogen and oxygen atoms in total. The third-order valence-corrected chi connectivity index (χ3v) is 4.10. The van der Waals surface area contributed by atoms with E-state index in [1.807, 2.05) is 31.2 Å². The minimum Gasteiger partial charge on any atom is -0.382 e. The van der Waals surface area contributed by atoms with Gasteiger partial charge in [0.2, 0.25) is 0 Å². The van der Waals surface area contributed by atoms with Crippen LogP contribution in [0.3, 0.4) is 0 Å². The van der Waals surface area contributed by atoms with Crippen LogP contribution >= 0.6 is 0 Å². The first-order valence-corrected chi connectivity index (χ1v) is 7.86. The third-order valence-electron chi connectivity index (χ3n) is 4.10. The Morgan fingerprint density at radius 3 is 2.88 bits per heavy atom. The van der Waals surface area contributed by atoms with E-state index in [0.29, 0.717) is 17.3 Å². The van der Waals surface area contributed by atoms with Crippen molar-refractivity contribution in [1.82, 2.24) is 23.9 Å². The van der Waals surface area contributed by atoms with Crippen molar-refractivity contribution in [2.24, 2.45) is 0 Å². The first-order chi connectivity index (χ1) is 12.6. The largest absolute Gasteiger partial charge is 0.382 e. The lowest BCUT2D eigenvalue weighted by Crippen LogP contribution is -2.32. The molecule has 0 aromatic carbocycles. The van der Waals surface area contributed by atoms with E-state index in [-0.39, 0.29) is 17.1 Å². The van der Waals surface area contributed by atoms with Crippen LogP contribution in [-0.2, 0) is 0 Å². The fraction of sp³-hybridized carbons (Fsp3) is 0.118. The van der Waals surface area contributed by atoms with Crippen molar-refractivity contribution >= 4 is 23.0 Å². The van der Waals surface area contributed by atoms with E-state index in [9.17, 15) is 10.1 Å². The Bertz CT molecular complexity index is 1180. The number of allylic oxidation sites excluding steroid dienone is 4. The Kier molecular flexibility index (Phi) is 3.51. The number of nitrogen functional groups attached to an aromatic ring is 1. The summed E-state index contributed by atoms with van der Waals surface area (Å²) in [5.74, 6) is 0.883. The second-order valence-electron chi connectivity index (χ2n) is 5.74. The highest BCUT2D eigenvalue weighted by atomic mass is 16.1. The molecule has 0 bridgehead atoms. The highest BCUT2D eigenvalue weighted by molar-refractivity contribution is 5.68. The number of hydrogen-bond donors (Lipinski definition) is 2. The van der Waals surface area contributed by atoms with Gasteiger partial charge in [-0.15, -0.1) is 0 Å². The number of hydrogen-bond acceptors (Lipinski definition) is 7. The van der Waals surface area contributed by atoms with Crippen LogP contribution in [0.5, 0.6) is 0 Å². The zero-order chi connectivity index (χ0) is 18.3. The summed E-state index contributed by atoms with van der Waals surface area (Å²) in [5.41, 5.74) is 6.95. The molecule has 3 aromatic heterocycles. The van der Waals surface area contributed by atoms with Crippen LogP contribution in [-0.4, -0.2) is 23.9 Å². The fourth-order valence-electron chi connectivity index (χ4n) is 2.75. The summed E-state index contributed by atoms with van der Waals surface area (Å²) in [5, 5.41) is 12.4. The van der Waals surface area contributed by atoms with E-state index < -0.39 is 6.04 Å². The standard InChI is InChI=1S/C17H14N8O/c1-10(22-15-12(8-18)14(19)20-9-21-15)16-23-13-6-3-7-24(13)17(26)25(16)11-4-2-5-11/h2-7,9-10H,1H3,(H3,19,20,21,22). The molecule has 0 fully saturated rings. The van der Waals surface area contributed by atoms with Gasteiger partial charge in [0.15, 0.2) is 0 Å². The van der Waals surface area contributed by atoms with E-state index in [4.69, 9.17) is 5.73 Å². The van der Waals surface area contributed by atoms with Crippen molar-refractivity contribution in [2.45, 2.75) is 13.0 Å². The molecule has 26 heavy (non-hydrogen) atoms. The Hall–Kier alpha value is -3.93. The summed E-state index contributed by atoms with van der Waals surface area (Å²) < 4.78 is 3.01. The highest BCUT2D eigenvalue weighted by Gasteiger charge is 2.21. The molecular formula is C17H14N8O. The van der Waals surface area contributed by atoms with Crippen LogP contribution in [0.4, 0.5) is 11.6 Å². The van der Waals surface area contributed by atoms with Crippen LogP contribution in [0.1, 0.15) is 24.4 Å². The summed E-state index contributed by atoms with van der Waals surface area (Å²) in [6, 6.07) is 5.10. The Labute approximate surface area is 147 Å². The number of fused-ring (bicyclic) bond motifs is 1. The Morgan fingerprint density at radius 2 is 2.19 bits per heavy atom. The van der Waals surface area contributed by atoms with Crippen molar-refractivity contribution in [3.63, 3.8) is 0 Å². The molecule has 0 saturated heterocycles. The maximum absolute atomic E-state index is 12.9. The molecule has 1 aliphatic carbocycles. The van der Waals surface area contributed by atoms with Crippen molar-refractivity contribution in [1.29, 1.82) is 5.26 Å². The van der Waals surface area contributed by atoms with Gasteiger partial charge in [-0.1, -0.05) is 6.08 Å². The maximum Gasteiger partial charge on any atom is 0.339 e. The molecule has 128 valence electrons. The first kappa shape index (κ1) is 15.6. The summed E-state index contributed by atoms with van der Waals surface area (Å²) in [4.78, 5) is 25.4. The van der Waals surface area contributed by atoms with Crippen LogP contribution < -0.4 is 16.7 Å². The zero-order valence-electron chi connectivity index (χ0n) is 13.8. The lowest BCUT2D eigenvalue weighted by molar-refractivity contribution is 0.703. The molecule has 4 rings (SSSR count). The highest BCUT2D eigenvalue weighted by Crippen LogP contribution is 2.24. The minimum absolute atomic E-state index is 0.0919. The molecule has 1 unspecified atom stereocenters. The molecule has 0 amide bonds. The molecule has 3 heterocycles. The monoisotopic (exact) mass is 346 g/mol. The van der Waals surface area contributed by atoms with Gasteiger partial charge in [0, 0.05) is 6.20 Å². The number of nitriles is 1. The van der Waals surface area contributed by atoms with Gasteiger partial charge in [0.1, 0.15) is 41.1 Å². The molecule has 3 aromatic rings. The van der Waals surface area contributed by atoms with E-state index in [2.05, 4.69) is 20.3 Å². The molecular weight excluding hydrogens is 332 g/mol. The third kappa shape index (κ3) is 2.32. The smallest absolute Gasteiger partial charge is 0.339 e. The quantitative estimate of drug-likeness (QED) is 0.729. The van der Waals surface area contributed by atoms with Crippen molar-refractivity contribution in [3.05, 3.63) is 64.8 Å². The van der Waals surface area contributed by atoms with Gasteiger partial charge < -0.3 is 11.1 Å². The van der Waals surface area contributed by atoms with Gasteiger partial charge in [-0.05, 0) is 31.2 Å². The topological polar surface area (TPSA) is 127 Å². The minimum atomic E-state index is -0.418. The molecule has 0 aliphatic heterocycles.